The first-order valence-electron chi connectivity index (χ1n) is 8.83. The topological polar surface area (TPSA) is 118 Å². The zero-order chi connectivity index (χ0) is 19.7. The minimum atomic E-state index is -3.62. The molecule has 1 aliphatic heterocycles. The van der Waals surface area contributed by atoms with Crippen LogP contribution in [0.15, 0.2) is 38.5 Å². The predicted octanol–water partition coefficient (Wildman–Crippen LogP) is 1.24. The number of pyridine rings is 1. The third-order valence-corrected chi connectivity index (χ3v) is 6.79. The third kappa shape index (κ3) is 3.55. The van der Waals surface area contributed by atoms with Crippen molar-refractivity contribution in [1.29, 1.82) is 0 Å². The normalized spacial score (nSPS) is 16.5. The molecule has 0 aliphatic carbocycles. The summed E-state index contributed by atoms with van der Waals surface area (Å²) in [5, 5.41) is 7.73. The summed E-state index contributed by atoms with van der Waals surface area (Å²) < 4.78 is 37.6. The zero-order valence-electron chi connectivity index (χ0n) is 15.6. The molecule has 0 saturated carbocycles. The number of piperazine rings is 1. The predicted molar refractivity (Wildman–Crippen MR) is 97.5 cm³/mol. The lowest BCUT2D eigenvalue weighted by Crippen LogP contribution is -2.48. The highest BCUT2D eigenvalue weighted by molar-refractivity contribution is 7.89. The van der Waals surface area contributed by atoms with Crippen molar-refractivity contribution in [3.8, 4) is 11.4 Å². The van der Waals surface area contributed by atoms with Crippen LogP contribution in [0, 0.1) is 13.8 Å². The second-order valence-corrected chi connectivity index (χ2v) is 8.46. The highest BCUT2D eigenvalue weighted by atomic mass is 32.2. The SMILES string of the molecule is Cc1noc(C)c1S(=O)(=O)N1CCN(Cc2nc(-c3cccnc3)no2)CC1. The van der Waals surface area contributed by atoms with Gasteiger partial charge in [-0.25, -0.2) is 8.42 Å². The summed E-state index contributed by atoms with van der Waals surface area (Å²) in [5.41, 5.74) is 1.17. The van der Waals surface area contributed by atoms with E-state index in [0.717, 1.165) is 5.56 Å². The Morgan fingerprint density at radius 3 is 2.54 bits per heavy atom. The average molecular weight is 404 g/mol. The maximum absolute atomic E-state index is 12.9. The first-order chi connectivity index (χ1) is 13.4. The van der Waals surface area contributed by atoms with Gasteiger partial charge in [-0.15, -0.1) is 0 Å². The van der Waals surface area contributed by atoms with Crippen molar-refractivity contribution in [1.82, 2.24) is 29.5 Å². The number of aromatic nitrogens is 4. The van der Waals surface area contributed by atoms with Crippen molar-refractivity contribution in [3.63, 3.8) is 0 Å². The fourth-order valence-electron chi connectivity index (χ4n) is 3.22. The number of hydrogen-bond acceptors (Lipinski definition) is 9. The van der Waals surface area contributed by atoms with Crippen molar-refractivity contribution < 1.29 is 17.5 Å². The van der Waals surface area contributed by atoms with Gasteiger partial charge in [-0.2, -0.15) is 9.29 Å². The fraction of sp³-hybridized carbons (Fsp3) is 0.412. The van der Waals surface area contributed by atoms with E-state index in [1.807, 2.05) is 12.1 Å². The van der Waals surface area contributed by atoms with Crippen LogP contribution in [0.1, 0.15) is 17.3 Å². The highest BCUT2D eigenvalue weighted by Gasteiger charge is 2.33. The molecule has 4 heterocycles. The quantitative estimate of drug-likeness (QED) is 0.619. The minimum absolute atomic E-state index is 0.166. The molecule has 1 fully saturated rings. The van der Waals surface area contributed by atoms with Crippen LogP contribution in [0.4, 0.5) is 0 Å². The first kappa shape index (κ1) is 18.7. The van der Waals surface area contributed by atoms with Crippen LogP contribution in [0.2, 0.25) is 0 Å². The zero-order valence-corrected chi connectivity index (χ0v) is 16.4. The van der Waals surface area contributed by atoms with Gasteiger partial charge in [-0.1, -0.05) is 10.3 Å². The molecule has 4 rings (SSSR count). The molecule has 0 aromatic carbocycles. The maximum atomic E-state index is 12.9. The van der Waals surface area contributed by atoms with Crippen molar-refractivity contribution in [2.75, 3.05) is 26.2 Å². The van der Waals surface area contributed by atoms with Gasteiger partial charge < -0.3 is 9.05 Å². The van der Waals surface area contributed by atoms with Gasteiger partial charge in [0, 0.05) is 44.1 Å². The van der Waals surface area contributed by atoms with E-state index in [1.54, 1.807) is 26.2 Å². The van der Waals surface area contributed by atoms with Gasteiger partial charge in [0.05, 0.1) is 6.54 Å². The van der Waals surface area contributed by atoms with Gasteiger partial charge in [0.25, 0.3) is 0 Å². The first-order valence-corrected chi connectivity index (χ1v) is 10.3. The van der Waals surface area contributed by atoms with Crippen LogP contribution in [0.25, 0.3) is 11.4 Å². The summed E-state index contributed by atoms with van der Waals surface area (Å²) in [6.07, 6.45) is 3.35. The Morgan fingerprint density at radius 1 is 1.11 bits per heavy atom. The summed E-state index contributed by atoms with van der Waals surface area (Å²) in [6, 6.07) is 3.67. The van der Waals surface area contributed by atoms with Crippen molar-refractivity contribution in [2.24, 2.45) is 0 Å². The van der Waals surface area contributed by atoms with Crippen LogP contribution < -0.4 is 0 Å². The third-order valence-electron chi connectivity index (χ3n) is 4.64. The molecule has 0 unspecified atom stereocenters. The Morgan fingerprint density at radius 2 is 1.89 bits per heavy atom. The molecule has 3 aromatic rings. The summed E-state index contributed by atoms with van der Waals surface area (Å²) >= 11 is 0. The highest BCUT2D eigenvalue weighted by Crippen LogP contribution is 2.24. The lowest BCUT2D eigenvalue weighted by atomic mass is 10.3. The van der Waals surface area contributed by atoms with Crippen LogP contribution in [0.3, 0.4) is 0 Å². The van der Waals surface area contributed by atoms with Crippen molar-refractivity contribution in [2.45, 2.75) is 25.3 Å². The van der Waals surface area contributed by atoms with Gasteiger partial charge in [-0.3, -0.25) is 9.88 Å². The molecule has 0 amide bonds. The molecule has 1 saturated heterocycles. The van der Waals surface area contributed by atoms with E-state index < -0.39 is 10.0 Å². The molecule has 0 spiro atoms. The molecular formula is C17H20N6O4S. The largest absolute Gasteiger partial charge is 0.360 e. The Labute approximate surface area is 162 Å². The number of nitrogens with zero attached hydrogens (tertiary/aromatic N) is 6. The Kier molecular flexibility index (Phi) is 4.96. The van der Waals surface area contributed by atoms with Crippen molar-refractivity contribution in [3.05, 3.63) is 41.9 Å². The minimum Gasteiger partial charge on any atom is -0.360 e. The summed E-state index contributed by atoms with van der Waals surface area (Å²) in [6.45, 7) is 5.58. The van der Waals surface area contributed by atoms with Gasteiger partial charge in [-0.05, 0) is 26.0 Å². The molecule has 1 aliphatic rings. The van der Waals surface area contributed by atoms with Crippen LogP contribution >= 0.6 is 0 Å². The van der Waals surface area contributed by atoms with Crippen LogP contribution in [-0.4, -0.2) is 64.1 Å². The maximum Gasteiger partial charge on any atom is 0.248 e. The molecule has 0 bridgehead atoms. The second-order valence-electron chi connectivity index (χ2n) is 6.59. The lowest BCUT2D eigenvalue weighted by Gasteiger charge is -2.32. The molecule has 0 N–H and O–H groups in total. The Balaban J connectivity index is 1.39. The Bertz CT molecular complexity index is 1040. The lowest BCUT2D eigenvalue weighted by molar-refractivity contribution is 0.163. The van der Waals surface area contributed by atoms with E-state index in [4.69, 9.17) is 9.05 Å². The molecule has 28 heavy (non-hydrogen) atoms. The number of rotatable bonds is 5. The van der Waals surface area contributed by atoms with E-state index in [2.05, 4.69) is 25.2 Å². The van der Waals surface area contributed by atoms with Gasteiger partial charge >= 0.3 is 0 Å². The van der Waals surface area contributed by atoms with Crippen LogP contribution in [-0.2, 0) is 16.6 Å². The monoisotopic (exact) mass is 404 g/mol. The van der Waals surface area contributed by atoms with Crippen molar-refractivity contribution >= 4 is 10.0 Å². The molecule has 0 atom stereocenters. The van der Waals surface area contributed by atoms with Gasteiger partial charge in [0.15, 0.2) is 5.76 Å². The number of sulfonamides is 1. The summed E-state index contributed by atoms with van der Waals surface area (Å²) in [4.78, 5) is 10.7. The Hall–Kier alpha value is -2.63. The summed E-state index contributed by atoms with van der Waals surface area (Å²) in [5.74, 6) is 1.29. The molecule has 11 heteroatoms. The summed E-state index contributed by atoms with van der Waals surface area (Å²) in [7, 11) is -3.62. The fourth-order valence-corrected chi connectivity index (χ4v) is 4.94. The van der Waals surface area contributed by atoms with Gasteiger partial charge in [0.1, 0.15) is 10.6 Å². The molecular weight excluding hydrogens is 384 g/mol. The molecule has 148 valence electrons. The van der Waals surface area contributed by atoms with Crippen LogP contribution in [0.5, 0.6) is 0 Å². The van der Waals surface area contributed by atoms with E-state index in [1.165, 1.54) is 4.31 Å². The number of hydrogen-bond donors (Lipinski definition) is 0. The van der Waals surface area contributed by atoms with E-state index >= 15 is 0 Å². The smallest absolute Gasteiger partial charge is 0.248 e. The average Bonchev–Trinajstić information content (AvgIpc) is 3.29. The molecule has 10 nitrogen and oxygen atoms in total. The standard InChI is InChI=1S/C17H20N6O4S/c1-12-16(13(2)26-20-12)28(24,25)23-8-6-22(7-9-23)11-15-19-17(21-27-15)14-4-3-5-18-10-14/h3-5,10H,6-9,11H2,1-2H3. The molecule has 0 radical (unpaired) electrons. The van der Waals surface area contributed by atoms with Gasteiger partial charge in [0.2, 0.25) is 21.7 Å². The van der Waals surface area contributed by atoms with E-state index in [-0.39, 0.29) is 4.90 Å². The van der Waals surface area contributed by atoms with E-state index in [9.17, 15) is 8.42 Å². The number of aryl methyl sites for hydroxylation is 2. The van der Waals surface area contributed by atoms with E-state index in [0.29, 0.717) is 55.9 Å². The molecule has 3 aromatic heterocycles. The second kappa shape index (κ2) is 7.41.